The van der Waals surface area contributed by atoms with E-state index in [1.165, 1.54) is 0 Å². The van der Waals surface area contributed by atoms with E-state index in [-0.39, 0.29) is 23.0 Å². The van der Waals surface area contributed by atoms with E-state index in [1.807, 2.05) is 0 Å². The predicted molar refractivity (Wildman–Crippen MR) is 92.5 cm³/mol. The smallest absolute Gasteiger partial charge is 0.272 e. The molecular formula is C16H22BrN5O. The minimum atomic E-state index is -0.148. The van der Waals surface area contributed by atoms with Gasteiger partial charge in [-0.3, -0.25) is 4.79 Å². The first-order valence-corrected chi connectivity index (χ1v) is 8.54. The molecule has 2 aromatic rings. The molecule has 1 aliphatic heterocycles. The predicted octanol–water partition coefficient (Wildman–Crippen LogP) is 2.53. The summed E-state index contributed by atoms with van der Waals surface area (Å²) in [5.41, 5.74) is 1.03. The van der Waals surface area contributed by atoms with Gasteiger partial charge < -0.3 is 10.6 Å². The Kier molecular flexibility index (Phi) is 3.96. The quantitative estimate of drug-likeness (QED) is 0.840. The zero-order valence-electron chi connectivity index (χ0n) is 13.9. The fourth-order valence-corrected chi connectivity index (χ4v) is 3.94. The molecule has 0 unspecified atom stereocenters. The Morgan fingerprint density at radius 1 is 1.35 bits per heavy atom. The van der Waals surface area contributed by atoms with E-state index in [0.717, 1.165) is 17.3 Å². The second kappa shape index (κ2) is 5.56. The van der Waals surface area contributed by atoms with Crippen molar-refractivity contribution in [2.45, 2.75) is 57.7 Å². The molecule has 0 spiro atoms. The van der Waals surface area contributed by atoms with Crippen LogP contribution in [0.15, 0.2) is 22.9 Å². The van der Waals surface area contributed by atoms with Gasteiger partial charge in [0, 0.05) is 35.6 Å². The highest BCUT2D eigenvalue weighted by Gasteiger charge is 2.38. The number of amides is 1. The van der Waals surface area contributed by atoms with Crippen molar-refractivity contribution in [1.29, 1.82) is 0 Å². The monoisotopic (exact) mass is 379 g/mol. The van der Waals surface area contributed by atoms with E-state index < -0.39 is 0 Å². The number of nitrogens with one attached hydrogen (secondary N) is 2. The summed E-state index contributed by atoms with van der Waals surface area (Å²) in [4.78, 5) is 16.8. The molecule has 2 aromatic heterocycles. The van der Waals surface area contributed by atoms with Gasteiger partial charge in [-0.05, 0) is 56.5 Å². The Hall–Kier alpha value is -1.47. The number of piperidine rings is 1. The highest BCUT2D eigenvalue weighted by Crippen LogP contribution is 2.28. The second-order valence-electron chi connectivity index (χ2n) is 7.58. The maximum absolute atomic E-state index is 12.5. The number of fused-ring (bicyclic) bond motifs is 1. The van der Waals surface area contributed by atoms with E-state index in [1.54, 1.807) is 23.0 Å². The summed E-state index contributed by atoms with van der Waals surface area (Å²) in [6.45, 7) is 8.66. The standard InChI is InChI=1S/C16H22BrN5O/c1-15(2)6-11(7-16(3,4)21-15)19-14(23)12-5-13-18-8-10(17)9-22(13)20-12/h5,8-9,11,21H,6-7H2,1-4H3,(H,19,23). The van der Waals surface area contributed by atoms with Gasteiger partial charge in [0.1, 0.15) is 0 Å². The molecule has 1 amide bonds. The van der Waals surface area contributed by atoms with Crippen LogP contribution in [0.25, 0.3) is 5.65 Å². The van der Waals surface area contributed by atoms with E-state index in [9.17, 15) is 4.79 Å². The number of aromatic nitrogens is 3. The third-order valence-electron chi connectivity index (χ3n) is 4.04. The number of carbonyl (C=O) groups is 1. The summed E-state index contributed by atoms with van der Waals surface area (Å²) < 4.78 is 2.43. The molecule has 0 aromatic carbocycles. The molecule has 23 heavy (non-hydrogen) atoms. The zero-order valence-corrected chi connectivity index (χ0v) is 15.4. The van der Waals surface area contributed by atoms with Gasteiger partial charge in [0.15, 0.2) is 11.3 Å². The molecule has 0 bridgehead atoms. The number of nitrogens with zero attached hydrogens (tertiary/aromatic N) is 3. The van der Waals surface area contributed by atoms with Crippen molar-refractivity contribution in [3.8, 4) is 0 Å². The maximum atomic E-state index is 12.5. The van der Waals surface area contributed by atoms with Crippen LogP contribution in [0.3, 0.4) is 0 Å². The molecule has 2 N–H and O–H groups in total. The lowest BCUT2D eigenvalue weighted by Gasteiger charge is -2.46. The van der Waals surface area contributed by atoms with Crippen LogP contribution in [0.5, 0.6) is 0 Å². The Labute approximate surface area is 144 Å². The van der Waals surface area contributed by atoms with E-state index in [2.05, 4.69) is 64.3 Å². The molecule has 7 heteroatoms. The van der Waals surface area contributed by atoms with Crippen molar-refractivity contribution in [3.63, 3.8) is 0 Å². The summed E-state index contributed by atoms with van der Waals surface area (Å²) in [5, 5.41) is 11.1. The third-order valence-corrected chi connectivity index (χ3v) is 4.45. The van der Waals surface area contributed by atoms with Gasteiger partial charge in [0.2, 0.25) is 0 Å². The molecule has 0 saturated carbocycles. The molecule has 1 saturated heterocycles. The van der Waals surface area contributed by atoms with Crippen molar-refractivity contribution < 1.29 is 4.79 Å². The molecule has 0 aliphatic carbocycles. The van der Waals surface area contributed by atoms with Crippen LogP contribution in [0.1, 0.15) is 51.0 Å². The van der Waals surface area contributed by atoms with Crippen molar-refractivity contribution in [3.05, 3.63) is 28.6 Å². The minimum absolute atomic E-state index is 0.00890. The summed E-state index contributed by atoms with van der Waals surface area (Å²) in [7, 11) is 0. The molecular weight excluding hydrogens is 358 g/mol. The van der Waals surface area contributed by atoms with Gasteiger partial charge in [-0.25, -0.2) is 9.50 Å². The average molecular weight is 380 g/mol. The van der Waals surface area contributed by atoms with Gasteiger partial charge in [0.25, 0.3) is 5.91 Å². The molecule has 0 radical (unpaired) electrons. The third kappa shape index (κ3) is 3.72. The van der Waals surface area contributed by atoms with Gasteiger partial charge in [-0.15, -0.1) is 0 Å². The van der Waals surface area contributed by atoms with Crippen LogP contribution in [-0.4, -0.2) is 37.6 Å². The first-order chi connectivity index (χ1) is 10.6. The highest BCUT2D eigenvalue weighted by atomic mass is 79.9. The van der Waals surface area contributed by atoms with E-state index in [4.69, 9.17) is 0 Å². The van der Waals surface area contributed by atoms with Crippen molar-refractivity contribution in [2.24, 2.45) is 0 Å². The lowest BCUT2D eigenvalue weighted by atomic mass is 9.79. The van der Waals surface area contributed by atoms with Crippen LogP contribution in [0.2, 0.25) is 0 Å². The average Bonchev–Trinajstić information content (AvgIpc) is 2.77. The first-order valence-electron chi connectivity index (χ1n) is 7.75. The summed E-state index contributed by atoms with van der Waals surface area (Å²) >= 11 is 3.35. The van der Waals surface area contributed by atoms with Crippen molar-refractivity contribution >= 4 is 27.5 Å². The van der Waals surface area contributed by atoms with Gasteiger partial charge in [-0.2, -0.15) is 5.10 Å². The summed E-state index contributed by atoms with van der Waals surface area (Å²) in [6, 6.07) is 1.83. The Morgan fingerprint density at radius 2 is 2.00 bits per heavy atom. The fourth-order valence-electron chi connectivity index (χ4n) is 3.65. The Bertz CT molecular complexity index is 736. The lowest BCUT2D eigenvalue weighted by molar-refractivity contribution is 0.0868. The van der Waals surface area contributed by atoms with Crippen LogP contribution in [-0.2, 0) is 0 Å². The van der Waals surface area contributed by atoms with Gasteiger partial charge in [-0.1, -0.05) is 0 Å². The van der Waals surface area contributed by atoms with Crippen LogP contribution in [0, 0.1) is 0 Å². The molecule has 1 fully saturated rings. The summed E-state index contributed by atoms with van der Waals surface area (Å²) in [6.07, 6.45) is 5.26. The maximum Gasteiger partial charge on any atom is 0.272 e. The molecule has 124 valence electrons. The highest BCUT2D eigenvalue weighted by molar-refractivity contribution is 9.10. The van der Waals surface area contributed by atoms with Crippen molar-refractivity contribution in [2.75, 3.05) is 0 Å². The van der Waals surface area contributed by atoms with Crippen LogP contribution >= 0.6 is 15.9 Å². The lowest BCUT2D eigenvalue weighted by Crippen LogP contribution is -2.62. The molecule has 0 atom stereocenters. The van der Waals surface area contributed by atoms with Gasteiger partial charge in [0.05, 0.1) is 4.47 Å². The van der Waals surface area contributed by atoms with Crippen molar-refractivity contribution in [1.82, 2.24) is 25.2 Å². The Balaban J connectivity index is 1.77. The summed E-state index contributed by atoms with van der Waals surface area (Å²) in [5.74, 6) is -0.148. The number of rotatable bonds is 2. The van der Waals surface area contributed by atoms with Crippen LogP contribution < -0.4 is 10.6 Å². The molecule has 1 aliphatic rings. The molecule has 3 rings (SSSR count). The SMILES string of the molecule is CC1(C)CC(NC(=O)c2cc3ncc(Br)cn3n2)CC(C)(C)N1. The molecule has 6 nitrogen and oxygen atoms in total. The number of halogens is 1. The van der Waals surface area contributed by atoms with E-state index >= 15 is 0 Å². The normalized spacial score (nSPS) is 20.6. The number of carbonyl (C=O) groups excluding carboxylic acids is 1. The van der Waals surface area contributed by atoms with Crippen LogP contribution in [0.4, 0.5) is 0 Å². The minimum Gasteiger partial charge on any atom is -0.348 e. The van der Waals surface area contributed by atoms with E-state index in [0.29, 0.717) is 11.3 Å². The number of hydrogen-bond acceptors (Lipinski definition) is 4. The second-order valence-corrected chi connectivity index (χ2v) is 8.49. The van der Waals surface area contributed by atoms with Gasteiger partial charge >= 0.3 is 0 Å². The topological polar surface area (TPSA) is 71.3 Å². The number of hydrogen-bond donors (Lipinski definition) is 2. The fraction of sp³-hybridized carbons (Fsp3) is 0.562. The first kappa shape index (κ1) is 16.4. The zero-order chi connectivity index (χ0) is 16.8. The molecule has 3 heterocycles. The Morgan fingerprint density at radius 3 is 2.65 bits per heavy atom. The largest absolute Gasteiger partial charge is 0.348 e.